The number of esters is 1. The van der Waals surface area contributed by atoms with Crippen molar-refractivity contribution in [3.63, 3.8) is 0 Å². The lowest BCUT2D eigenvalue weighted by atomic mass is 9.94. The van der Waals surface area contributed by atoms with Gasteiger partial charge in [-0.25, -0.2) is 0 Å². The van der Waals surface area contributed by atoms with Gasteiger partial charge >= 0.3 is 5.97 Å². The molecule has 8 nitrogen and oxygen atoms in total. The predicted octanol–water partition coefficient (Wildman–Crippen LogP) is 2.61. The molecule has 1 atom stereocenters. The first-order chi connectivity index (χ1) is 14.5. The van der Waals surface area contributed by atoms with Gasteiger partial charge in [-0.1, -0.05) is 42.5 Å². The van der Waals surface area contributed by atoms with Gasteiger partial charge < -0.3 is 15.8 Å². The molecule has 0 bridgehead atoms. The Balaban J connectivity index is 1.60. The van der Waals surface area contributed by atoms with Crippen LogP contribution in [0.3, 0.4) is 0 Å². The highest BCUT2D eigenvalue weighted by molar-refractivity contribution is 5.76. The fourth-order valence-corrected chi connectivity index (χ4v) is 3.69. The molecule has 8 heteroatoms. The van der Waals surface area contributed by atoms with Gasteiger partial charge in [-0.05, 0) is 36.1 Å². The number of aromatic nitrogens is 3. The van der Waals surface area contributed by atoms with Gasteiger partial charge in [0.15, 0.2) is 0 Å². The first kappa shape index (κ1) is 19.8. The summed E-state index contributed by atoms with van der Waals surface area (Å²) in [4.78, 5) is 27.5. The molecule has 0 saturated heterocycles. The number of nitrogens with zero attached hydrogens (tertiary/aromatic N) is 4. The summed E-state index contributed by atoms with van der Waals surface area (Å²) in [6.45, 7) is 2.95. The summed E-state index contributed by atoms with van der Waals surface area (Å²) in [6.07, 6.45) is 0.581. The molecule has 1 aromatic heterocycles. The number of hydrogen-bond acceptors (Lipinski definition) is 8. The van der Waals surface area contributed by atoms with Crippen LogP contribution in [0, 0.1) is 6.92 Å². The zero-order valence-electron chi connectivity index (χ0n) is 17.0. The predicted molar refractivity (Wildman–Crippen MR) is 114 cm³/mol. The SMILES string of the molecule is COC(=O)[C@@H]1Cc2ccccc2CN1Cc1nc(N)nc(Nc2ccccc2C)n1. The third kappa shape index (κ3) is 4.23. The first-order valence-electron chi connectivity index (χ1n) is 9.75. The molecule has 0 aliphatic carbocycles. The quantitative estimate of drug-likeness (QED) is 0.625. The molecule has 2 heterocycles. The normalized spacial score (nSPS) is 16.0. The lowest BCUT2D eigenvalue weighted by Crippen LogP contribution is -2.45. The minimum atomic E-state index is -0.407. The molecule has 0 fully saturated rings. The Kier molecular flexibility index (Phi) is 5.58. The second-order valence-corrected chi connectivity index (χ2v) is 7.29. The number of fused-ring (bicyclic) bond motifs is 1. The Morgan fingerprint density at radius 3 is 2.63 bits per heavy atom. The highest BCUT2D eigenvalue weighted by atomic mass is 16.5. The summed E-state index contributed by atoms with van der Waals surface area (Å²) in [6, 6.07) is 15.6. The maximum absolute atomic E-state index is 12.4. The molecule has 4 rings (SSSR count). The molecule has 30 heavy (non-hydrogen) atoms. The van der Waals surface area contributed by atoms with E-state index in [0.29, 0.717) is 31.3 Å². The smallest absolute Gasteiger partial charge is 0.323 e. The van der Waals surface area contributed by atoms with Crippen molar-refractivity contribution in [2.45, 2.75) is 32.5 Å². The molecule has 0 amide bonds. The van der Waals surface area contributed by atoms with Crippen LogP contribution in [-0.4, -0.2) is 39.0 Å². The van der Waals surface area contributed by atoms with Crippen molar-refractivity contribution in [1.82, 2.24) is 19.9 Å². The number of nitrogens with one attached hydrogen (secondary N) is 1. The minimum Gasteiger partial charge on any atom is -0.468 e. The molecular formula is C22H24N6O2. The molecule has 0 radical (unpaired) electrons. The molecule has 3 N–H and O–H groups in total. The number of rotatable bonds is 5. The van der Waals surface area contributed by atoms with Crippen LogP contribution in [0.4, 0.5) is 17.6 Å². The molecule has 0 saturated carbocycles. The summed E-state index contributed by atoms with van der Waals surface area (Å²) in [5.41, 5.74) is 10.2. The van der Waals surface area contributed by atoms with E-state index >= 15 is 0 Å². The fraction of sp³-hybridized carbons (Fsp3) is 0.273. The van der Waals surface area contributed by atoms with Crippen LogP contribution >= 0.6 is 0 Å². The number of methoxy groups -OCH3 is 1. The largest absolute Gasteiger partial charge is 0.468 e. The van der Waals surface area contributed by atoms with Gasteiger partial charge in [-0.15, -0.1) is 0 Å². The Hall–Kier alpha value is -3.52. The zero-order valence-corrected chi connectivity index (χ0v) is 17.0. The second-order valence-electron chi connectivity index (χ2n) is 7.29. The van der Waals surface area contributed by atoms with Crippen LogP contribution in [0.15, 0.2) is 48.5 Å². The van der Waals surface area contributed by atoms with Crippen molar-refractivity contribution < 1.29 is 9.53 Å². The van der Waals surface area contributed by atoms with Gasteiger partial charge in [0.1, 0.15) is 11.9 Å². The number of hydrogen-bond donors (Lipinski definition) is 2. The number of carbonyl (C=O) groups is 1. The topological polar surface area (TPSA) is 106 Å². The van der Waals surface area contributed by atoms with Gasteiger partial charge in [0.2, 0.25) is 11.9 Å². The molecule has 1 aliphatic heterocycles. The lowest BCUT2D eigenvalue weighted by Gasteiger charge is -2.34. The van der Waals surface area contributed by atoms with Crippen LogP contribution in [0.25, 0.3) is 0 Å². The van der Waals surface area contributed by atoms with Gasteiger partial charge in [0, 0.05) is 12.2 Å². The summed E-state index contributed by atoms with van der Waals surface area (Å²) >= 11 is 0. The highest BCUT2D eigenvalue weighted by Gasteiger charge is 2.32. The van der Waals surface area contributed by atoms with Crippen molar-refractivity contribution >= 4 is 23.6 Å². The molecule has 0 unspecified atom stereocenters. The molecule has 3 aromatic rings. The van der Waals surface area contributed by atoms with Gasteiger partial charge in [-0.2, -0.15) is 15.0 Å². The maximum atomic E-state index is 12.4. The van der Waals surface area contributed by atoms with Crippen LogP contribution in [0.5, 0.6) is 0 Å². The lowest BCUT2D eigenvalue weighted by molar-refractivity contribution is -0.148. The van der Waals surface area contributed by atoms with E-state index in [1.54, 1.807) is 0 Å². The van der Waals surface area contributed by atoms with E-state index in [4.69, 9.17) is 10.5 Å². The summed E-state index contributed by atoms with van der Waals surface area (Å²) in [5.74, 6) is 0.721. The monoisotopic (exact) mass is 404 g/mol. The Bertz CT molecular complexity index is 1070. The fourth-order valence-electron chi connectivity index (χ4n) is 3.69. The van der Waals surface area contributed by atoms with E-state index < -0.39 is 6.04 Å². The molecular weight excluding hydrogens is 380 g/mol. The van der Waals surface area contributed by atoms with Crippen LogP contribution in [0.2, 0.25) is 0 Å². The van der Waals surface area contributed by atoms with E-state index in [1.165, 1.54) is 12.7 Å². The van der Waals surface area contributed by atoms with E-state index in [1.807, 2.05) is 54.3 Å². The van der Waals surface area contributed by atoms with Crippen molar-refractivity contribution in [3.8, 4) is 0 Å². The maximum Gasteiger partial charge on any atom is 0.323 e. The van der Waals surface area contributed by atoms with E-state index in [9.17, 15) is 4.79 Å². The number of aryl methyl sites for hydroxylation is 1. The number of nitrogen functional groups attached to an aromatic ring is 1. The average molecular weight is 404 g/mol. The van der Waals surface area contributed by atoms with Gasteiger partial charge in [-0.3, -0.25) is 9.69 Å². The number of anilines is 3. The van der Waals surface area contributed by atoms with Crippen molar-refractivity contribution in [2.24, 2.45) is 0 Å². The summed E-state index contributed by atoms with van der Waals surface area (Å²) < 4.78 is 5.04. The van der Waals surface area contributed by atoms with E-state index in [2.05, 4.69) is 26.3 Å². The number of nitrogens with two attached hydrogens (primary N) is 1. The van der Waals surface area contributed by atoms with Gasteiger partial charge in [0.25, 0.3) is 0 Å². The van der Waals surface area contributed by atoms with Gasteiger partial charge in [0.05, 0.1) is 13.7 Å². The molecule has 154 valence electrons. The number of para-hydroxylation sites is 1. The second kappa shape index (κ2) is 8.46. The number of ether oxygens (including phenoxy) is 1. The van der Waals surface area contributed by atoms with Crippen LogP contribution in [0.1, 0.15) is 22.5 Å². The Morgan fingerprint density at radius 2 is 1.87 bits per heavy atom. The molecule has 0 spiro atoms. The third-order valence-corrected chi connectivity index (χ3v) is 5.25. The minimum absolute atomic E-state index is 0.128. The van der Waals surface area contributed by atoms with Crippen molar-refractivity contribution in [1.29, 1.82) is 0 Å². The average Bonchev–Trinajstić information content (AvgIpc) is 2.74. The first-order valence-corrected chi connectivity index (χ1v) is 9.75. The van der Waals surface area contributed by atoms with E-state index in [-0.39, 0.29) is 11.9 Å². The van der Waals surface area contributed by atoms with Crippen molar-refractivity contribution in [3.05, 3.63) is 71.0 Å². The third-order valence-electron chi connectivity index (χ3n) is 5.25. The standard InChI is InChI=1S/C22H24N6O2/c1-14-7-3-6-10-17(14)24-22-26-19(25-21(23)27-22)13-28-12-16-9-5-4-8-15(16)11-18(28)20(29)30-2/h3-10,18H,11-13H2,1-2H3,(H3,23,24,25,26,27)/t18-/m0/s1. The zero-order chi connectivity index (χ0) is 21.1. The van der Waals surface area contributed by atoms with Crippen molar-refractivity contribution in [2.75, 3.05) is 18.2 Å². The van der Waals surface area contributed by atoms with E-state index in [0.717, 1.165) is 16.8 Å². The summed E-state index contributed by atoms with van der Waals surface area (Å²) in [5, 5.41) is 3.20. The number of carbonyl (C=O) groups excluding carboxylic acids is 1. The van der Waals surface area contributed by atoms with Crippen LogP contribution < -0.4 is 11.1 Å². The number of benzene rings is 2. The summed E-state index contributed by atoms with van der Waals surface area (Å²) in [7, 11) is 1.41. The molecule has 1 aliphatic rings. The highest BCUT2D eigenvalue weighted by Crippen LogP contribution is 2.25. The van der Waals surface area contributed by atoms with Crippen LogP contribution in [-0.2, 0) is 29.0 Å². The Labute approximate surface area is 175 Å². The molecule has 2 aromatic carbocycles. The Morgan fingerprint density at radius 1 is 1.13 bits per heavy atom.